The van der Waals surface area contributed by atoms with E-state index in [9.17, 15) is 4.79 Å². The third-order valence-electron chi connectivity index (χ3n) is 3.79. The summed E-state index contributed by atoms with van der Waals surface area (Å²) in [5.41, 5.74) is 0.886. The Bertz CT molecular complexity index is 577. The number of rotatable bonds is 5. The zero-order valence-corrected chi connectivity index (χ0v) is 12.5. The highest BCUT2D eigenvalue weighted by Crippen LogP contribution is 2.17. The molecule has 5 heteroatoms. The summed E-state index contributed by atoms with van der Waals surface area (Å²) in [6.07, 6.45) is 1.53. The van der Waals surface area contributed by atoms with Gasteiger partial charge in [0.2, 0.25) is 0 Å². The molecule has 5 nitrogen and oxygen atoms in total. The predicted octanol–water partition coefficient (Wildman–Crippen LogP) is 2.26. The van der Waals surface area contributed by atoms with Crippen molar-refractivity contribution >= 4 is 11.6 Å². The second-order valence-corrected chi connectivity index (χ2v) is 5.22. The summed E-state index contributed by atoms with van der Waals surface area (Å²) in [6.45, 7) is 4.80. The van der Waals surface area contributed by atoms with E-state index in [1.54, 1.807) is 17.0 Å². The van der Waals surface area contributed by atoms with Gasteiger partial charge in [0.05, 0.1) is 19.5 Å². The molecule has 0 saturated carbocycles. The average molecular weight is 300 g/mol. The van der Waals surface area contributed by atoms with Gasteiger partial charge in [0.15, 0.2) is 5.76 Å². The fraction of sp³-hybridized carbons (Fsp3) is 0.353. The Hall–Kier alpha value is -2.11. The van der Waals surface area contributed by atoms with Crippen molar-refractivity contribution in [2.24, 2.45) is 0 Å². The van der Waals surface area contributed by atoms with Gasteiger partial charge in [0.1, 0.15) is 0 Å². The van der Waals surface area contributed by atoms with Crippen LogP contribution in [0.25, 0.3) is 0 Å². The molecule has 1 amide bonds. The molecule has 1 fully saturated rings. The second-order valence-electron chi connectivity index (χ2n) is 5.22. The van der Waals surface area contributed by atoms with Crippen LogP contribution in [0.2, 0.25) is 0 Å². The van der Waals surface area contributed by atoms with Crippen LogP contribution in [0.3, 0.4) is 0 Å². The third kappa shape index (κ3) is 3.55. The first kappa shape index (κ1) is 14.8. The standard InChI is InChI=1S/C17H20N2O3/c20-17(16-7-4-12-22-16)19(15-5-2-1-3-6-15)9-8-18-10-13-21-14-11-18/h1-7,12H,8-11,13-14H2. The monoisotopic (exact) mass is 300 g/mol. The molecule has 1 aromatic heterocycles. The Morgan fingerprint density at radius 2 is 1.86 bits per heavy atom. The van der Waals surface area contributed by atoms with Gasteiger partial charge in [0, 0.05) is 31.9 Å². The molecule has 1 saturated heterocycles. The SMILES string of the molecule is O=C(c1ccco1)N(CCN1CCOCC1)c1ccccc1. The molecule has 1 aliphatic heterocycles. The van der Waals surface area contributed by atoms with Crippen molar-refractivity contribution in [3.05, 3.63) is 54.5 Å². The van der Waals surface area contributed by atoms with Crippen LogP contribution in [-0.4, -0.2) is 50.2 Å². The van der Waals surface area contributed by atoms with E-state index >= 15 is 0 Å². The van der Waals surface area contributed by atoms with Crippen LogP contribution in [0, 0.1) is 0 Å². The number of amides is 1. The van der Waals surface area contributed by atoms with E-state index in [1.165, 1.54) is 6.26 Å². The van der Waals surface area contributed by atoms with E-state index in [2.05, 4.69) is 4.90 Å². The van der Waals surface area contributed by atoms with E-state index in [4.69, 9.17) is 9.15 Å². The van der Waals surface area contributed by atoms with Crippen molar-refractivity contribution in [3.63, 3.8) is 0 Å². The number of hydrogen-bond donors (Lipinski definition) is 0. The quantitative estimate of drug-likeness (QED) is 0.850. The number of nitrogens with zero attached hydrogens (tertiary/aromatic N) is 2. The maximum absolute atomic E-state index is 12.7. The minimum Gasteiger partial charge on any atom is -0.459 e. The largest absolute Gasteiger partial charge is 0.459 e. The number of morpholine rings is 1. The lowest BCUT2D eigenvalue weighted by atomic mass is 10.2. The molecule has 0 bridgehead atoms. The molecule has 0 atom stereocenters. The molecular formula is C17H20N2O3. The van der Waals surface area contributed by atoms with Gasteiger partial charge in [-0.1, -0.05) is 18.2 Å². The minimum absolute atomic E-state index is 0.107. The first-order valence-corrected chi connectivity index (χ1v) is 7.55. The van der Waals surface area contributed by atoms with Crippen LogP contribution in [-0.2, 0) is 4.74 Å². The Morgan fingerprint density at radius 1 is 1.09 bits per heavy atom. The van der Waals surface area contributed by atoms with E-state index in [-0.39, 0.29) is 5.91 Å². The molecule has 1 aromatic carbocycles. The van der Waals surface area contributed by atoms with Crippen molar-refractivity contribution in [2.45, 2.75) is 0 Å². The number of carbonyl (C=O) groups excluding carboxylic acids is 1. The lowest BCUT2D eigenvalue weighted by Gasteiger charge is -2.29. The normalized spacial score (nSPS) is 15.6. The fourth-order valence-electron chi connectivity index (χ4n) is 2.56. The van der Waals surface area contributed by atoms with Crippen LogP contribution < -0.4 is 4.90 Å². The summed E-state index contributed by atoms with van der Waals surface area (Å²) in [6, 6.07) is 13.1. The highest BCUT2D eigenvalue weighted by molar-refractivity contribution is 6.04. The lowest BCUT2D eigenvalue weighted by molar-refractivity contribution is 0.0390. The average Bonchev–Trinajstić information content (AvgIpc) is 3.11. The number of hydrogen-bond acceptors (Lipinski definition) is 4. The number of para-hydroxylation sites is 1. The minimum atomic E-state index is -0.107. The van der Waals surface area contributed by atoms with Crippen LogP contribution in [0.4, 0.5) is 5.69 Å². The smallest absolute Gasteiger partial charge is 0.293 e. The molecular weight excluding hydrogens is 280 g/mol. The van der Waals surface area contributed by atoms with Crippen LogP contribution in [0.1, 0.15) is 10.6 Å². The molecule has 0 unspecified atom stereocenters. The lowest BCUT2D eigenvalue weighted by Crippen LogP contribution is -2.43. The third-order valence-corrected chi connectivity index (χ3v) is 3.79. The zero-order chi connectivity index (χ0) is 15.2. The van der Waals surface area contributed by atoms with Crippen molar-refractivity contribution in [1.82, 2.24) is 4.90 Å². The molecule has 0 aliphatic carbocycles. The summed E-state index contributed by atoms with van der Waals surface area (Å²) < 4.78 is 10.6. The van der Waals surface area contributed by atoms with Crippen molar-refractivity contribution in [1.29, 1.82) is 0 Å². The Balaban J connectivity index is 1.73. The van der Waals surface area contributed by atoms with E-state index in [1.807, 2.05) is 30.3 Å². The highest BCUT2D eigenvalue weighted by Gasteiger charge is 2.21. The van der Waals surface area contributed by atoms with Crippen LogP contribution in [0.5, 0.6) is 0 Å². The first-order valence-electron chi connectivity index (χ1n) is 7.55. The van der Waals surface area contributed by atoms with Gasteiger partial charge in [0.25, 0.3) is 5.91 Å². The zero-order valence-electron chi connectivity index (χ0n) is 12.5. The van der Waals surface area contributed by atoms with E-state index in [0.29, 0.717) is 12.3 Å². The second kappa shape index (κ2) is 7.24. The van der Waals surface area contributed by atoms with E-state index in [0.717, 1.165) is 38.5 Å². The van der Waals surface area contributed by atoms with Crippen LogP contribution >= 0.6 is 0 Å². The molecule has 116 valence electrons. The summed E-state index contributed by atoms with van der Waals surface area (Å²) >= 11 is 0. The summed E-state index contributed by atoms with van der Waals surface area (Å²) in [7, 11) is 0. The van der Waals surface area contributed by atoms with Gasteiger partial charge in [-0.15, -0.1) is 0 Å². The maximum atomic E-state index is 12.7. The number of ether oxygens (including phenoxy) is 1. The van der Waals surface area contributed by atoms with Crippen molar-refractivity contribution in [2.75, 3.05) is 44.3 Å². The Morgan fingerprint density at radius 3 is 2.55 bits per heavy atom. The maximum Gasteiger partial charge on any atom is 0.293 e. The Labute approximate surface area is 130 Å². The number of anilines is 1. The van der Waals surface area contributed by atoms with Gasteiger partial charge in [-0.25, -0.2) is 0 Å². The highest BCUT2D eigenvalue weighted by atomic mass is 16.5. The topological polar surface area (TPSA) is 45.9 Å². The number of furan rings is 1. The molecule has 0 radical (unpaired) electrons. The molecule has 0 spiro atoms. The molecule has 22 heavy (non-hydrogen) atoms. The van der Waals surface area contributed by atoms with Gasteiger partial charge >= 0.3 is 0 Å². The summed E-state index contributed by atoms with van der Waals surface area (Å²) in [5.74, 6) is 0.260. The number of carbonyl (C=O) groups is 1. The van der Waals surface area contributed by atoms with E-state index < -0.39 is 0 Å². The van der Waals surface area contributed by atoms with Crippen molar-refractivity contribution < 1.29 is 13.9 Å². The summed E-state index contributed by atoms with van der Waals surface area (Å²) in [5, 5.41) is 0. The molecule has 3 rings (SSSR count). The predicted molar refractivity (Wildman–Crippen MR) is 84.1 cm³/mol. The van der Waals surface area contributed by atoms with Crippen LogP contribution in [0.15, 0.2) is 53.1 Å². The van der Waals surface area contributed by atoms with Gasteiger partial charge < -0.3 is 14.1 Å². The van der Waals surface area contributed by atoms with Gasteiger partial charge in [-0.2, -0.15) is 0 Å². The molecule has 1 aliphatic rings. The molecule has 2 aromatic rings. The van der Waals surface area contributed by atoms with Gasteiger partial charge in [-0.05, 0) is 24.3 Å². The summed E-state index contributed by atoms with van der Waals surface area (Å²) in [4.78, 5) is 16.8. The first-order chi connectivity index (χ1) is 10.8. The Kier molecular flexibility index (Phi) is 4.88. The fourth-order valence-corrected chi connectivity index (χ4v) is 2.56. The number of benzene rings is 1. The van der Waals surface area contributed by atoms with Gasteiger partial charge in [-0.3, -0.25) is 9.69 Å². The molecule has 2 heterocycles. The van der Waals surface area contributed by atoms with Crippen molar-refractivity contribution in [3.8, 4) is 0 Å². The molecule has 0 N–H and O–H groups in total.